The van der Waals surface area contributed by atoms with E-state index < -0.39 is 18.6 Å². The lowest BCUT2D eigenvalue weighted by Crippen LogP contribution is -2.36. The second kappa shape index (κ2) is 6.38. The molecule has 0 radical (unpaired) electrons. The molecular formula is C10H13Cl2F2NO3. The van der Waals surface area contributed by atoms with E-state index in [1.54, 1.807) is 0 Å². The van der Waals surface area contributed by atoms with Gasteiger partial charge in [-0.1, -0.05) is 11.6 Å². The Hall–Kier alpha value is -0.820. The number of phenols is 1. The molecule has 8 heteroatoms. The Kier molecular flexibility index (Phi) is 6.09. The van der Waals surface area contributed by atoms with Gasteiger partial charge in [-0.15, -0.1) is 12.4 Å². The van der Waals surface area contributed by atoms with E-state index in [1.165, 1.54) is 7.11 Å². The van der Waals surface area contributed by atoms with Gasteiger partial charge in [0, 0.05) is 0 Å². The molecule has 0 amide bonds. The van der Waals surface area contributed by atoms with Crippen LogP contribution in [0.3, 0.4) is 0 Å². The number of aliphatic hydroxyl groups excluding tert-OH is 1. The molecule has 4 N–H and O–H groups in total. The highest BCUT2D eigenvalue weighted by Gasteiger charge is 2.38. The van der Waals surface area contributed by atoms with E-state index >= 15 is 0 Å². The molecule has 18 heavy (non-hydrogen) atoms. The van der Waals surface area contributed by atoms with Gasteiger partial charge in [0.25, 0.3) is 5.92 Å². The van der Waals surface area contributed by atoms with Crippen LogP contribution < -0.4 is 10.5 Å². The van der Waals surface area contributed by atoms with Gasteiger partial charge < -0.3 is 20.7 Å². The molecule has 0 heterocycles. The van der Waals surface area contributed by atoms with Crippen LogP contribution in [-0.2, 0) is 0 Å². The first-order valence-corrected chi connectivity index (χ1v) is 5.02. The summed E-state index contributed by atoms with van der Waals surface area (Å²) in [6.07, 6.45) is 0. The summed E-state index contributed by atoms with van der Waals surface area (Å²) >= 11 is 5.64. The Bertz CT molecular complexity index is 418. The summed E-state index contributed by atoms with van der Waals surface area (Å²) in [6.45, 7) is -1.38. The first kappa shape index (κ1) is 17.2. The van der Waals surface area contributed by atoms with Crippen molar-refractivity contribution in [2.75, 3.05) is 13.7 Å². The molecule has 0 saturated heterocycles. The van der Waals surface area contributed by atoms with Gasteiger partial charge in [0.15, 0.2) is 11.5 Å². The Morgan fingerprint density at radius 1 is 1.50 bits per heavy atom. The maximum Gasteiger partial charge on any atom is 0.289 e. The molecule has 0 spiro atoms. The van der Waals surface area contributed by atoms with Gasteiger partial charge in [-0.05, 0) is 17.7 Å². The Labute approximate surface area is 114 Å². The second-order valence-corrected chi connectivity index (χ2v) is 3.86. The fourth-order valence-corrected chi connectivity index (χ4v) is 1.49. The molecule has 0 aliphatic carbocycles. The van der Waals surface area contributed by atoms with Gasteiger partial charge in [-0.3, -0.25) is 0 Å². The molecule has 0 aliphatic heterocycles. The average Bonchev–Trinajstić information content (AvgIpc) is 2.31. The molecule has 0 aliphatic rings. The minimum Gasteiger partial charge on any atom is -0.503 e. The zero-order valence-corrected chi connectivity index (χ0v) is 10.9. The summed E-state index contributed by atoms with van der Waals surface area (Å²) < 4.78 is 31.1. The van der Waals surface area contributed by atoms with Gasteiger partial charge in [0.2, 0.25) is 0 Å². The van der Waals surface area contributed by atoms with Crippen LogP contribution in [-0.4, -0.2) is 29.9 Å². The normalized spacial score (nSPS) is 12.8. The third-order valence-electron chi connectivity index (χ3n) is 2.30. The lowest BCUT2D eigenvalue weighted by molar-refractivity contribution is -0.0712. The number of aromatic hydroxyl groups is 1. The summed E-state index contributed by atoms with van der Waals surface area (Å²) in [5.74, 6) is -3.89. The van der Waals surface area contributed by atoms with Crippen molar-refractivity contribution in [2.24, 2.45) is 5.73 Å². The third-order valence-corrected chi connectivity index (χ3v) is 2.58. The number of nitrogens with two attached hydrogens (primary N) is 1. The van der Waals surface area contributed by atoms with Crippen molar-refractivity contribution in [2.45, 2.75) is 12.0 Å². The van der Waals surface area contributed by atoms with Gasteiger partial charge in [-0.25, -0.2) is 8.78 Å². The second-order valence-electron chi connectivity index (χ2n) is 3.45. The molecule has 1 atom stereocenters. The lowest BCUT2D eigenvalue weighted by atomic mass is 10.0. The maximum absolute atomic E-state index is 13.2. The summed E-state index contributed by atoms with van der Waals surface area (Å²) in [7, 11) is 1.25. The SMILES string of the molecule is COc1cc([C@@H](N)C(F)(F)CO)cc(Cl)c1O.Cl. The van der Waals surface area contributed by atoms with Crippen LogP contribution in [0.25, 0.3) is 0 Å². The Balaban J connectivity index is 0.00000289. The number of halogens is 4. The highest BCUT2D eigenvalue weighted by atomic mass is 35.5. The quantitative estimate of drug-likeness (QED) is 0.796. The van der Waals surface area contributed by atoms with Crippen molar-refractivity contribution in [1.29, 1.82) is 0 Å². The van der Waals surface area contributed by atoms with E-state index in [0.29, 0.717) is 0 Å². The van der Waals surface area contributed by atoms with Crippen molar-refractivity contribution in [3.63, 3.8) is 0 Å². The Morgan fingerprint density at radius 2 is 2.06 bits per heavy atom. The third kappa shape index (κ3) is 3.35. The number of benzene rings is 1. The highest BCUT2D eigenvalue weighted by Crippen LogP contribution is 2.39. The van der Waals surface area contributed by atoms with Crippen LogP contribution in [0.5, 0.6) is 11.5 Å². The zero-order valence-electron chi connectivity index (χ0n) is 9.36. The van der Waals surface area contributed by atoms with Gasteiger partial charge >= 0.3 is 0 Å². The number of aliphatic hydroxyl groups is 1. The van der Waals surface area contributed by atoms with Crippen LogP contribution in [0.15, 0.2) is 12.1 Å². The lowest BCUT2D eigenvalue weighted by Gasteiger charge is -2.22. The number of alkyl halides is 2. The van der Waals surface area contributed by atoms with Crippen molar-refractivity contribution < 1.29 is 23.7 Å². The van der Waals surface area contributed by atoms with Gasteiger partial charge in [0.05, 0.1) is 18.2 Å². The monoisotopic (exact) mass is 303 g/mol. The van der Waals surface area contributed by atoms with Crippen molar-refractivity contribution >= 4 is 24.0 Å². The van der Waals surface area contributed by atoms with E-state index in [1.807, 2.05) is 0 Å². The van der Waals surface area contributed by atoms with E-state index in [2.05, 4.69) is 0 Å². The standard InChI is InChI=1S/C10H12ClF2NO3.ClH/c1-17-7-3-5(2-6(11)8(7)16)9(14)10(12,13)4-15;/h2-3,9,15-16H,4,14H2,1H3;1H/t9-;/m1./s1. The van der Waals surface area contributed by atoms with E-state index in [-0.39, 0.29) is 34.5 Å². The van der Waals surface area contributed by atoms with Gasteiger partial charge in [-0.2, -0.15) is 0 Å². The van der Waals surface area contributed by atoms with E-state index in [4.69, 9.17) is 27.2 Å². The van der Waals surface area contributed by atoms with Crippen LogP contribution in [0.1, 0.15) is 11.6 Å². The topological polar surface area (TPSA) is 75.7 Å². The minimum atomic E-state index is -3.48. The first-order chi connectivity index (χ1) is 7.83. The fourth-order valence-electron chi connectivity index (χ4n) is 1.27. The van der Waals surface area contributed by atoms with Gasteiger partial charge in [0.1, 0.15) is 6.61 Å². The molecule has 1 rings (SSSR count). The largest absolute Gasteiger partial charge is 0.503 e. The summed E-state index contributed by atoms with van der Waals surface area (Å²) in [5.41, 5.74) is 5.28. The molecule has 0 fully saturated rings. The predicted octanol–water partition coefficient (Wildman–Crippen LogP) is 2.10. The average molecular weight is 304 g/mol. The predicted molar refractivity (Wildman–Crippen MR) is 65.9 cm³/mol. The number of phenolic OH excluding ortho intramolecular Hbond substituents is 1. The van der Waals surface area contributed by atoms with E-state index in [9.17, 15) is 13.9 Å². The zero-order chi connectivity index (χ0) is 13.2. The van der Waals surface area contributed by atoms with Crippen LogP contribution >= 0.6 is 24.0 Å². The molecule has 104 valence electrons. The molecule has 4 nitrogen and oxygen atoms in total. The number of ether oxygens (including phenoxy) is 1. The molecule has 1 aromatic carbocycles. The minimum absolute atomic E-state index is 0. The Morgan fingerprint density at radius 3 is 2.50 bits per heavy atom. The number of methoxy groups -OCH3 is 1. The van der Waals surface area contributed by atoms with Crippen LogP contribution in [0, 0.1) is 0 Å². The van der Waals surface area contributed by atoms with Crippen molar-refractivity contribution in [3.8, 4) is 11.5 Å². The number of hydrogen-bond acceptors (Lipinski definition) is 4. The molecular weight excluding hydrogens is 291 g/mol. The summed E-state index contributed by atoms with van der Waals surface area (Å²) in [5, 5.41) is 17.8. The fraction of sp³-hybridized carbons (Fsp3) is 0.400. The molecule has 0 aromatic heterocycles. The van der Waals surface area contributed by atoms with E-state index in [0.717, 1.165) is 12.1 Å². The molecule has 1 aromatic rings. The molecule has 0 saturated carbocycles. The van der Waals surface area contributed by atoms with Crippen LogP contribution in [0.4, 0.5) is 8.78 Å². The van der Waals surface area contributed by atoms with Crippen molar-refractivity contribution in [1.82, 2.24) is 0 Å². The highest BCUT2D eigenvalue weighted by molar-refractivity contribution is 6.32. The molecule has 0 unspecified atom stereocenters. The van der Waals surface area contributed by atoms with Crippen molar-refractivity contribution in [3.05, 3.63) is 22.7 Å². The van der Waals surface area contributed by atoms with Crippen LogP contribution in [0.2, 0.25) is 5.02 Å². The number of rotatable bonds is 4. The number of hydrogen-bond donors (Lipinski definition) is 3. The first-order valence-electron chi connectivity index (χ1n) is 4.64. The molecule has 0 bridgehead atoms. The smallest absolute Gasteiger partial charge is 0.289 e. The summed E-state index contributed by atoms with van der Waals surface area (Å²) in [4.78, 5) is 0. The maximum atomic E-state index is 13.2. The summed E-state index contributed by atoms with van der Waals surface area (Å²) in [6, 6.07) is 0.516.